The van der Waals surface area contributed by atoms with Crippen molar-refractivity contribution in [2.45, 2.75) is 44.6 Å². The summed E-state index contributed by atoms with van der Waals surface area (Å²) in [6.45, 7) is 10.4. The number of hydrogen-bond acceptors (Lipinski definition) is 4. The van der Waals surface area contributed by atoms with Crippen LogP contribution in [0.5, 0.6) is 0 Å². The van der Waals surface area contributed by atoms with Gasteiger partial charge in [0, 0.05) is 51.7 Å². The average molecular weight is 394 g/mol. The second-order valence-electron chi connectivity index (χ2n) is 8.06. The van der Waals surface area contributed by atoms with Gasteiger partial charge in [0.15, 0.2) is 0 Å². The van der Waals surface area contributed by atoms with Crippen molar-refractivity contribution >= 4 is 15.9 Å². The molecule has 0 N–H and O–H groups in total. The molecule has 6 nitrogen and oxygen atoms in total. The summed E-state index contributed by atoms with van der Waals surface area (Å²) < 4.78 is 27.2. The van der Waals surface area contributed by atoms with Gasteiger partial charge in [-0.25, -0.2) is 8.42 Å². The number of amides is 1. The summed E-state index contributed by atoms with van der Waals surface area (Å²) in [4.78, 5) is 16.7. The summed E-state index contributed by atoms with van der Waals surface area (Å²) >= 11 is 0. The SMILES string of the molecule is Cc1ccc(S(=O)(=O)N2CCN(CC3CCC(=O)N(C(C)C)C3)CC2)cc1. The molecule has 1 unspecified atom stereocenters. The lowest BCUT2D eigenvalue weighted by Crippen LogP contribution is -2.52. The molecule has 7 heteroatoms. The van der Waals surface area contributed by atoms with Crippen molar-refractivity contribution in [3.63, 3.8) is 0 Å². The fourth-order valence-electron chi connectivity index (χ4n) is 3.97. The molecule has 1 aromatic rings. The highest BCUT2D eigenvalue weighted by atomic mass is 32.2. The van der Waals surface area contributed by atoms with E-state index in [1.54, 1.807) is 16.4 Å². The highest BCUT2D eigenvalue weighted by molar-refractivity contribution is 7.89. The van der Waals surface area contributed by atoms with Gasteiger partial charge >= 0.3 is 0 Å². The van der Waals surface area contributed by atoms with Crippen molar-refractivity contribution < 1.29 is 13.2 Å². The molecule has 2 aliphatic rings. The van der Waals surface area contributed by atoms with E-state index in [1.165, 1.54) is 0 Å². The van der Waals surface area contributed by atoms with Gasteiger partial charge in [-0.1, -0.05) is 17.7 Å². The van der Waals surface area contributed by atoms with Crippen LogP contribution >= 0.6 is 0 Å². The number of hydrogen-bond donors (Lipinski definition) is 0. The van der Waals surface area contributed by atoms with Crippen LogP contribution in [-0.4, -0.2) is 73.7 Å². The zero-order valence-corrected chi connectivity index (χ0v) is 17.4. The first-order chi connectivity index (χ1) is 12.8. The van der Waals surface area contributed by atoms with Crippen LogP contribution in [0.4, 0.5) is 0 Å². The second-order valence-corrected chi connectivity index (χ2v) is 10.0. The van der Waals surface area contributed by atoms with Crippen LogP contribution in [0.15, 0.2) is 29.2 Å². The van der Waals surface area contributed by atoms with E-state index >= 15 is 0 Å². The zero-order chi connectivity index (χ0) is 19.6. The molecule has 0 aliphatic carbocycles. The van der Waals surface area contributed by atoms with Crippen LogP contribution in [0.25, 0.3) is 0 Å². The van der Waals surface area contributed by atoms with Crippen LogP contribution in [0.2, 0.25) is 0 Å². The lowest BCUT2D eigenvalue weighted by Gasteiger charge is -2.40. The number of benzene rings is 1. The monoisotopic (exact) mass is 393 g/mol. The van der Waals surface area contributed by atoms with Gasteiger partial charge in [-0.05, 0) is 45.2 Å². The minimum absolute atomic E-state index is 0.247. The van der Waals surface area contributed by atoms with Crippen molar-refractivity contribution in [1.82, 2.24) is 14.1 Å². The number of sulfonamides is 1. The molecule has 3 rings (SSSR count). The Kier molecular flexibility index (Phi) is 6.23. The third-order valence-corrected chi connectivity index (χ3v) is 7.58. The Balaban J connectivity index is 1.54. The minimum Gasteiger partial charge on any atom is -0.340 e. The van der Waals surface area contributed by atoms with E-state index in [0.717, 1.165) is 38.2 Å². The van der Waals surface area contributed by atoms with Crippen molar-refractivity contribution in [2.24, 2.45) is 5.92 Å². The Morgan fingerprint density at radius 3 is 2.30 bits per heavy atom. The van der Waals surface area contributed by atoms with E-state index in [4.69, 9.17) is 0 Å². The Bertz CT molecular complexity index is 753. The molecule has 0 spiro atoms. The predicted molar refractivity (Wildman–Crippen MR) is 106 cm³/mol. The highest BCUT2D eigenvalue weighted by Gasteiger charge is 2.32. The van der Waals surface area contributed by atoms with Gasteiger partial charge in [-0.15, -0.1) is 0 Å². The highest BCUT2D eigenvalue weighted by Crippen LogP contribution is 2.23. The standard InChI is InChI=1S/C20H31N3O3S/c1-16(2)23-15-18(6-9-20(23)24)14-21-10-12-22(13-11-21)27(25,26)19-7-4-17(3)5-8-19/h4-5,7-8,16,18H,6,9-15H2,1-3H3. The van der Waals surface area contributed by atoms with Crippen molar-refractivity contribution in [1.29, 1.82) is 0 Å². The van der Waals surface area contributed by atoms with Crippen LogP contribution in [-0.2, 0) is 14.8 Å². The Morgan fingerprint density at radius 1 is 1.07 bits per heavy atom. The van der Waals surface area contributed by atoms with Gasteiger partial charge in [0.05, 0.1) is 4.90 Å². The van der Waals surface area contributed by atoms with E-state index in [9.17, 15) is 13.2 Å². The van der Waals surface area contributed by atoms with Gasteiger partial charge in [-0.2, -0.15) is 4.31 Å². The van der Waals surface area contributed by atoms with E-state index in [-0.39, 0.29) is 11.9 Å². The first-order valence-electron chi connectivity index (χ1n) is 9.86. The summed E-state index contributed by atoms with van der Waals surface area (Å²) in [7, 11) is -3.41. The maximum Gasteiger partial charge on any atom is 0.243 e. The van der Waals surface area contributed by atoms with Crippen molar-refractivity contribution in [3.05, 3.63) is 29.8 Å². The molecule has 0 bridgehead atoms. The number of carbonyl (C=O) groups excluding carboxylic acids is 1. The molecule has 150 valence electrons. The number of aryl methyl sites for hydroxylation is 1. The Morgan fingerprint density at radius 2 is 1.70 bits per heavy atom. The molecule has 1 atom stereocenters. The van der Waals surface area contributed by atoms with Gasteiger partial charge in [0.2, 0.25) is 15.9 Å². The van der Waals surface area contributed by atoms with E-state index < -0.39 is 10.0 Å². The predicted octanol–water partition coefficient (Wildman–Crippen LogP) is 1.95. The maximum atomic E-state index is 12.8. The maximum absolute atomic E-state index is 12.8. The molecule has 0 aromatic heterocycles. The first-order valence-corrected chi connectivity index (χ1v) is 11.3. The first kappa shape index (κ1) is 20.3. The number of likely N-dealkylation sites (tertiary alicyclic amines) is 1. The number of carbonyl (C=O) groups is 1. The Labute approximate surface area is 163 Å². The zero-order valence-electron chi connectivity index (χ0n) is 16.6. The molecule has 2 aliphatic heterocycles. The lowest BCUT2D eigenvalue weighted by atomic mass is 9.95. The largest absolute Gasteiger partial charge is 0.340 e. The second kappa shape index (κ2) is 8.29. The van der Waals surface area contributed by atoms with Gasteiger partial charge in [0.1, 0.15) is 0 Å². The number of piperidine rings is 1. The molecule has 1 amide bonds. The summed E-state index contributed by atoms with van der Waals surface area (Å²) in [5, 5.41) is 0. The molecule has 0 radical (unpaired) electrons. The fourth-order valence-corrected chi connectivity index (χ4v) is 5.39. The van der Waals surface area contributed by atoms with Gasteiger partial charge in [-0.3, -0.25) is 4.79 Å². The van der Waals surface area contributed by atoms with Crippen LogP contribution in [0.3, 0.4) is 0 Å². The number of nitrogens with zero attached hydrogens (tertiary/aromatic N) is 3. The molecular formula is C20H31N3O3S. The average Bonchev–Trinajstić information content (AvgIpc) is 2.64. The molecule has 2 heterocycles. The molecule has 2 saturated heterocycles. The summed E-state index contributed by atoms with van der Waals surface area (Å²) in [5.41, 5.74) is 1.06. The quantitative estimate of drug-likeness (QED) is 0.767. The molecule has 27 heavy (non-hydrogen) atoms. The molecule has 1 aromatic carbocycles. The number of rotatable bonds is 5. The Hall–Kier alpha value is -1.44. The molecular weight excluding hydrogens is 362 g/mol. The van der Waals surface area contributed by atoms with Crippen LogP contribution in [0, 0.1) is 12.8 Å². The summed E-state index contributed by atoms with van der Waals surface area (Å²) in [6, 6.07) is 7.31. The van der Waals surface area contributed by atoms with E-state index in [2.05, 4.69) is 18.7 Å². The van der Waals surface area contributed by atoms with Crippen molar-refractivity contribution in [3.8, 4) is 0 Å². The topological polar surface area (TPSA) is 60.9 Å². The van der Waals surface area contributed by atoms with Crippen molar-refractivity contribution in [2.75, 3.05) is 39.3 Å². The minimum atomic E-state index is -3.41. The van der Waals surface area contributed by atoms with Crippen LogP contribution in [0.1, 0.15) is 32.3 Å². The van der Waals surface area contributed by atoms with Gasteiger partial charge in [0.25, 0.3) is 0 Å². The fraction of sp³-hybridized carbons (Fsp3) is 0.650. The molecule has 0 saturated carbocycles. The summed E-state index contributed by atoms with van der Waals surface area (Å²) in [6.07, 6.45) is 1.56. The third-order valence-electron chi connectivity index (χ3n) is 5.67. The van der Waals surface area contributed by atoms with E-state index in [0.29, 0.717) is 30.3 Å². The normalized spacial score (nSPS) is 23.2. The molecule has 2 fully saturated rings. The van der Waals surface area contributed by atoms with Crippen LogP contribution < -0.4 is 0 Å². The third kappa shape index (κ3) is 4.70. The number of piperazine rings is 1. The van der Waals surface area contributed by atoms with Gasteiger partial charge < -0.3 is 9.80 Å². The summed E-state index contributed by atoms with van der Waals surface area (Å²) in [5.74, 6) is 0.737. The van der Waals surface area contributed by atoms with E-state index in [1.807, 2.05) is 24.0 Å². The lowest BCUT2D eigenvalue weighted by molar-refractivity contribution is -0.137. The smallest absolute Gasteiger partial charge is 0.243 e.